The summed E-state index contributed by atoms with van der Waals surface area (Å²) in [7, 11) is 4.75. The molecule has 0 N–H and O–H groups in total. The van der Waals surface area contributed by atoms with E-state index in [1.807, 2.05) is 25.1 Å². The molecule has 0 unspecified atom stereocenters. The third-order valence-corrected chi connectivity index (χ3v) is 3.37. The fourth-order valence-corrected chi connectivity index (χ4v) is 2.40. The molecule has 114 valence electrons. The first-order valence-corrected chi connectivity index (χ1v) is 6.66. The maximum absolute atomic E-state index is 5.40. The van der Waals surface area contributed by atoms with Crippen LogP contribution >= 0.6 is 0 Å². The number of aromatic nitrogens is 4. The zero-order valence-electron chi connectivity index (χ0n) is 12.8. The molecule has 0 aliphatic carbocycles. The number of hydrogen-bond acceptors (Lipinski definition) is 6. The van der Waals surface area contributed by atoms with E-state index in [-0.39, 0.29) is 0 Å². The molecule has 7 heteroatoms. The molecule has 0 fully saturated rings. The molecule has 0 bridgehead atoms. The average molecular weight is 300 g/mol. The Kier molecular flexibility index (Phi) is 3.54. The van der Waals surface area contributed by atoms with E-state index in [1.54, 1.807) is 32.2 Å². The summed E-state index contributed by atoms with van der Waals surface area (Å²) in [5.41, 5.74) is 3.30. The summed E-state index contributed by atoms with van der Waals surface area (Å²) in [6, 6.07) is 5.71. The molecule has 0 aliphatic heterocycles. The lowest BCUT2D eigenvalue weighted by Crippen LogP contribution is -1.98. The molecule has 0 radical (unpaired) electrons. The SMILES string of the molecule is COc1cc(-c2cc(C)nn3cnnc23)cc(OC)c1OC. The maximum Gasteiger partial charge on any atom is 0.203 e. The Hall–Kier alpha value is -2.83. The molecule has 1 aromatic carbocycles. The molecular weight excluding hydrogens is 284 g/mol. The third-order valence-electron chi connectivity index (χ3n) is 3.37. The van der Waals surface area contributed by atoms with Gasteiger partial charge in [-0.25, -0.2) is 0 Å². The maximum atomic E-state index is 5.40. The highest BCUT2D eigenvalue weighted by atomic mass is 16.5. The van der Waals surface area contributed by atoms with E-state index in [4.69, 9.17) is 14.2 Å². The Labute approximate surface area is 127 Å². The van der Waals surface area contributed by atoms with Crippen LogP contribution in [0, 0.1) is 6.92 Å². The fourth-order valence-electron chi connectivity index (χ4n) is 2.40. The quantitative estimate of drug-likeness (QED) is 0.735. The zero-order valence-corrected chi connectivity index (χ0v) is 12.8. The predicted molar refractivity (Wildman–Crippen MR) is 80.6 cm³/mol. The minimum absolute atomic E-state index is 0.553. The Morgan fingerprint density at radius 3 is 2.23 bits per heavy atom. The smallest absolute Gasteiger partial charge is 0.203 e. The van der Waals surface area contributed by atoms with E-state index in [9.17, 15) is 0 Å². The summed E-state index contributed by atoms with van der Waals surface area (Å²) in [6.07, 6.45) is 1.57. The number of ether oxygens (including phenoxy) is 3. The molecule has 0 atom stereocenters. The van der Waals surface area contributed by atoms with E-state index in [2.05, 4.69) is 15.3 Å². The number of benzene rings is 1. The largest absolute Gasteiger partial charge is 0.493 e. The minimum Gasteiger partial charge on any atom is -0.493 e. The first-order chi connectivity index (χ1) is 10.7. The Bertz CT molecular complexity index is 804. The lowest BCUT2D eigenvalue weighted by Gasteiger charge is -2.14. The molecule has 0 saturated carbocycles. The molecule has 0 amide bonds. The molecular formula is C15H16N4O3. The van der Waals surface area contributed by atoms with Crippen molar-refractivity contribution >= 4 is 5.65 Å². The van der Waals surface area contributed by atoms with Crippen LogP contribution < -0.4 is 14.2 Å². The van der Waals surface area contributed by atoms with Gasteiger partial charge in [-0.3, -0.25) is 0 Å². The van der Waals surface area contributed by atoms with Gasteiger partial charge in [-0.1, -0.05) is 0 Å². The van der Waals surface area contributed by atoms with E-state index in [0.717, 1.165) is 16.8 Å². The van der Waals surface area contributed by atoms with E-state index in [0.29, 0.717) is 22.9 Å². The second-order valence-electron chi connectivity index (χ2n) is 4.71. The first-order valence-electron chi connectivity index (χ1n) is 6.66. The number of methoxy groups -OCH3 is 3. The fraction of sp³-hybridized carbons (Fsp3) is 0.267. The van der Waals surface area contributed by atoms with Gasteiger partial charge in [0.15, 0.2) is 17.1 Å². The van der Waals surface area contributed by atoms with Gasteiger partial charge < -0.3 is 14.2 Å². The highest BCUT2D eigenvalue weighted by Gasteiger charge is 2.16. The number of nitrogens with zero attached hydrogens (tertiary/aromatic N) is 4. The van der Waals surface area contributed by atoms with E-state index >= 15 is 0 Å². The van der Waals surface area contributed by atoms with Crippen molar-refractivity contribution in [3.05, 3.63) is 30.2 Å². The lowest BCUT2D eigenvalue weighted by molar-refractivity contribution is 0.324. The summed E-state index contributed by atoms with van der Waals surface area (Å²) in [5.74, 6) is 1.73. The van der Waals surface area contributed by atoms with Crippen molar-refractivity contribution in [1.29, 1.82) is 0 Å². The van der Waals surface area contributed by atoms with Gasteiger partial charge in [0.05, 0.1) is 27.0 Å². The molecule has 0 spiro atoms. The van der Waals surface area contributed by atoms with Gasteiger partial charge in [-0.2, -0.15) is 9.61 Å². The van der Waals surface area contributed by atoms with Crippen molar-refractivity contribution in [2.24, 2.45) is 0 Å². The van der Waals surface area contributed by atoms with Crippen LogP contribution in [0.4, 0.5) is 0 Å². The molecule has 3 rings (SSSR count). The predicted octanol–water partition coefficient (Wildman–Crippen LogP) is 2.13. The van der Waals surface area contributed by atoms with Crippen molar-refractivity contribution < 1.29 is 14.2 Å². The lowest BCUT2D eigenvalue weighted by atomic mass is 10.1. The van der Waals surface area contributed by atoms with Crippen molar-refractivity contribution in [1.82, 2.24) is 19.8 Å². The van der Waals surface area contributed by atoms with Gasteiger partial charge in [0.25, 0.3) is 0 Å². The second kappa shape index (κ2) is 5.51. The molecule has 2 aromatic heterocycles. The summed E-state index contributed by atoms with van der Waals surface area (Å²) in [5, 5.41) is 12.4. The number of aryl methyl sites for hydroxylation is 1. The standard InChI is InChI=1S/C15H16N4O3/c1-9-5-11(15-17-16-8-19(15)18-9)10-6-12(20-2)14(22-4)13(7-10)21-3/h5-8H,1-4H3. The van der Waals surface area contributed by atoms with Gasteiger partial charge in [0, 0.05) is 5.56 Å². The average Bonchev–Trinajstić information content (AvgIpc) is 3.00. The normalized spacial score (nSPS) is 10.7. The highest BCUT2D eigenvalue weighted by Crippen LogP contribution is 2.41. The van der Waals surface area contributed by atoms with Crippen LogP contribution in [0.3, 0.4) is 0 Å². The first kappa shape index (κ1) is 14.1. The summed E-state index contributed by atoms with van der Waals surface area (Å²) < 4.78 is 17.8. The van der Waals surface area contributed by atoms with Crippen molar-refractivity contribution in [2.75, 3.05) is 21.3 Å². The monoisotopic (exact) mass is 300 g/mol. The van der Waals surface area contributed by atoms with Crippen LogP contribution in [-0.2, 0) is 0 Å². The molecule has 2 heterocycles. The topological polar surface area (TPSA) is 70.8 Å². The summed E-state index contributed by atoms with van der Waals surface area (Å²) in [4.78, 5) is 0. The van der Waals surface area contributed by atoms with Crippen LogP contribution in [0.15, 0.2) is 24.5 Å². The van der Waals surface area contributed by atoms with Gasteiger partial charge in [0.2, 0.25) is 5.75 Å². The second-order valence-corrected chi connectivity index (χ2v) is 4.71. The van der Waals surface area contributed by atoms with Crippen molar-refractivity contribution in [3.63, 3.8) is 0 Å². The van der Waals surface area contributed by atoms with Crippen LogP contribution in [-0.4, -0.2) is 41.1 Å². The molecule has 0 aliphatic rings. The van der Waals surface area contributed by atoms with Gasteiger partial charge in [-0.15, -0.1) is 10.2 Å². The number of fused-ring (bicyclic) bond motifs is 1. The van der Waals surface area contributed by atoms with E-state index < -0.39 is 0 Å². The van der Waals surface area contributed by atoms with Crippen LogP contribution in [0.2, 0.25) is 0 Å². The molecule has 3 aromatic rings. The third kappa shape index (κ3) is 2.20. The minimum atomic E-state index is 0.553. The van der Waals surface area contributed by atoms with Gasteiger partial charge in [0.1, 0.15) is 6.33 Å². The Morgan fingerprint density at radius 2 is 1.64 bits per heavy atom. The zero-order chi connectivity index (χ0) is 15.7. The molecule has 22 heavy (non-hydrogen) atoms. The molecule has 7 nitrogen and oxygen atoms in total. The van der Waals surface area contributed by atoms with Crippen LogP contribution in [0.1, 0.15) is 5.69 Å². The molecule has 0 saturated heterocycles. The van der Waals surface area contributed by atoms with E-state index in [1.165, 1.54) is 0 Å². The van der Waals surface area contributed by atoms with Gasteiger partial charge in [-0.05, 0) is 30.7 Å². The Morgan fingerprint density at radius 1 is 0.955 bits per heavy atom. The highest BCUT2D eigenvalue weighted by molar-refractivity contribution is 5.80. The number of rotatable bonds is 4. The van der Waals surface area contributed by atoms with Crippen molar-refractivity contribution in [2.45, 2.75) is 6.92 Å². The van der Waals surface area contributed by atoms with Crippen molar-refractivity contribution in [3.8, 4) is 28.4 Å². The van der Waals surface area contributed by atoms with Crippen LogP contribution in [0.25, 0.3) is 16.8 Å². The summed E-state index contributed by atoms with van der Waals surface area (Å²) >= 11 is 0. The van der Waals surface area contributed by atoms with Crippen LogP contribution in [0.5, 0.6) is 17.2 Å². The number of hydrogen-bond donors (Lipinski definition) is 0. The Balaban J connectivity index is 2.28. The summed E-state index contributed by atoms with van der Waals surface area (Å²) in [6.45, 7) is 1.92. The van der Waals surface area contributed by atoms with Gasteiger partial charge >= 0.3 is 0 Å².